The Morgan fingerprint density at radius 1 is 1.36 bits per heavy atom. The summed E-state index contributed by atoms with van der Waals surface area (Å²) in [5.41, 5.74) is 3.29. The molecule has 5 heteroatoms. The molecular formula is C17H19N3O2. The van der Waals surface area contributed by atoms with Crippen LogP contribution in [-0.2, 0) is 4.79 Å². The number of aromatic nitrogens is 1. The topological polar surface area (TPSA) is 65.2 Å². The maximum Gasteiger partial charge on any atom is 0.270 e. The van der Waals surface area contributed by atoms with E-state index in [4.69, 9.17) is 0 Å². The van der Waals surface area contributed by atoms with Gasteiger partial charge in [-0.3, -0.25) is 9.59 Å². The van der Waals surface area contributed by atoms with Gasteiger partial charge in [-0.05, 0) is 38.3 Å². The standard InChI is InChI=1S/C17H19N3O2/c1-10-4-7-13-12(9-10)16(20-8-2-3-14(20)21)15(19-13)17(22)18-11-5-6-11/h4,7,9,11,19H,2-3,5-6,8H2,1H3,(H,18,22). The third-order valence-electron chi connectivity index (χ3n) is 4.41. The third kappa shape index (κ3) is 2.17. The molecule has 0 unspecified atom stereocenters. The van der Waals surface area contributed by atoms with E-state index in [1.165, 1.54) is 0 Å². The number of carbonyl (C=O) groups is 2. The Morgan fingerprint density at radius 2 is 2.18 bits per heavy atom. The van der Waals surface area contributed by atoms with Gasteiger partial charge < -0.3 is 15.2 Å². The first kappa shape index (κ1) is 13.4. The zero-order valence-electron chi connectivity index (χ0n) is 12.6. The number of aromatic amines is 1. The molecular weight excluding hydrogens is 278 g/mol. The first-order chi connectivity index (χ1) is 10.6. The van der Waals surface area contributed by atoms with E-state index in [1.807, 2.05) is 25.1 Å². The summed E-state index contributed by atoms with van der Waals surface area (Å²) < 4.78 is 0. The van der Waals surface area contributed by atoms with Crippen LogP contribution in [0, 0.1) is 6.92 Å². The van der Waals surface area contributed by atoms with Crippen LogP contribution < -0.4 is 10.2 Å². The summed E-state index contributed by atoms with van der Waals surface area (Å²) in [6, 6.07) is 6.32. The molecule has 2 N–H and O–H groups in total. The average Bonchev–Trinajstić information content (AvgIpc) is 3.08. The number of amides is 2. The highest BCUT2D eigenvalue weighted by molar-refractivity contribution is 6.14. The van der Waals surface area contributed by atoms with E-state index < -0.39 is 0 Å². The number of hydrogen-bond acceptors (Lipinski definition) is 2. The van der Waals surface area contributed by atoms with E-state index >= 15 is 0 Å². The second-order valence-electron chi connectivity index (χ2n) is 6.29. The van der Waals surface area contributed by atoms with Crippen molar-refractivity contribution in [1.29, 1.82) is 0 Å². The van der Waals surface area contributed by atoms with Gasteiger partial charge in [0.05, 0.1) is 5.69 Å². The van der Waals surface area contributed by atoms with Crippen LogP contribution in [0.15, 0.2) is 18.2 Å². The van der Waals surface area contributed by atoms with Crippen LogP contribution in [0.3, 0.4) is 0 Å². The average molecular weight is 297 g/mol. The summed E-state index contributed by atoms with van der Waals surface area (Å²) in [6.45, 7) is 2.70. The first-order valence-electron chi connectivity index (χ1n) is 7.87. The molecule has 0 radical (unpaired) electrons. The zero-order chi connectivity index (χ0) is 15.3. The lowest BCUT2D eigenvalue weighted by molar-refractivity contribution is -0.117. The predicted octanol–water partition coefficient (Wildman–Crippen LogP) is 2.50. The Morgan fingerprint density at radius 3 is 2.86 bits per heavy atom. The minimum atomic E-state index is -0.106. The number of nitrogens with zero attached hydrogens (tertiary/aromatic N) is 1. The molecule has 2 fully saturated rings. The van der Waals surface area contributed by atoms with Crippen LogP contribution in [0.2, 0.25) is 0 Å². The number of rotatable bonds is 3. The highest BCUT2D eigenvalue weighted by Gasteiger charge is 2.31. The summed E-state index contributed by atoms with van der Waals surface area (Å²) in [4.78, 5) is 29.7. The summed E-state index contributed by atoms with van der Waals surface area (Å²) >= 11 is 0. The fourth-order valence-corrected chi connectivity index (χ4v) is 3.11. The van der Waals surface area contributed by atoms with Crippen molar-refractivity contribution in [2.75, 3.05) is 11.4 Å². The SMILES string of the molecule is Cc1ccc2[nH]c(C(=O)NC3CC3)c(N3CCCC3=O)c2c1. The molecule has 0 bridgehead atoms. The molecule has 2 amide bonds. The van der Waals surface area contributed by atoms with Gasteiger partial charge in [0.1, 0.15) is 5.69 Å². The molecule has 0 spiro atoms. The molecule has 1 aliphatic carbocycles. The molecule has 1 aliphatic heterocycles. The Labute approximate surface area is 128 Å². The molecule has 2 heterocycles. The van der Waals surface area contributed by atoms with E-state index in [0.717, 1.165) is 41.4 Å². The minimum Gasteiger partial charge on any atom is -0.349 e. The number of anilines is 1. The summed E-state index contributed by atoms with van der Waals surface area (Å²) in [7, 11) is 0. The number of fused-ring (bicyclic) bond motifs is 1. The predicted molar refractivity (Wildman–Crippen MR) is 85.1 cm³/mol. The van der Waals surface area contributed by atoms with Gasteiger partial charge in [-0.1, -0.05) is 11.6 Å². The quantitative estimate of drug-likeness (QED) is 0.914. The Balaban J connectivity index is 1.86. The molecule has 2 aliphatic rings. The summed E-state index contributed by atoms with van der Waals surface area (Å²) in [6.07, 6.45) is 3.50. The second-order valence-corrected chi connectivity index (χ2v) is 6.29. The molecule has 22 heavy (non-hydrogen) atoms. The van der Waals surface area contributed by atoms with E-state index in [0.29, 0.717) is 24.7 Å². The van der Waals surface area contributed by atoms with Gasteiger partial charge >= 0.3 is 0 Å². The van der Waals surface area contributed by atoms with Crippen molar-refractivity contribution < 1.29 is 9.59 Å². The molecule has 114 valence electrons. The maximum absolute atomic E-state index is 12.6. The van der Waals surface area contributed by atoms with Crippen LogP contribution in [0.1, 0.15) is 41.7 Å². The molecule has 5 nitrogen and oxygen atoms in total. The third-order valence-corrected chi connectivity index (χ3v) is 4.41. The van der Waals surface area contributed by atoms with Gasteiger partial charge in [-0.15, -0.1) is 0 Å². The van der Waals surface area contributed by atoms with Gasteiger partial charge in [0.25, 0.3) is 5.91 Å². The van der Waals surface area contributed by atoms with Crippen LogP contribution >= 0.6 is 0 Å². The lowest BCUT2D eigenvalue weighted by Gasteiger charge is -2.17. The molecule has 1 aromatic carbocycles. The largest absolute Gasteiger partial charge is 0.349 e. The van der Waals surface area contributed by atoms with Crippen LogP contribution in [0.25, 0.3) is 10.9 Å². The number of H-pyrrole nitrogens is 1. The molecule has 1 aromatic heterocycles. The lowest BCUT2D eigenvalue weighted by Crippen LogP contribution is -2.30. The smallest absolute Gasteiger partial charge is 0.270 e. The van der Waals surface area contributed by atoms with Crippen molar-refractivity contribution in [2.24, 2.45) is 0 Å². The molecule has 1 saturated heterocycles. The first-order valence-corrected chi connectivity index (χ1v) is 7.87. The van der Waals surface area contributed by atoms with Crippen molar-refractivity contribution in [2.45, 2.75) is 38.6 Å². The maximum atomic E-state index is 12.6. The number of carbonyl (C=O) groups excluding carboxylic acids is 2. The molecule has 2 aromatic rings. The van der Waals surface area contributed by atoms with Crippen LogP contribution in [0.4, 0.5) is 5.69 Å². The summed E-state index contributed by atoms with van der Waals surface area (Å²) in [5, 5.41) is 3.97. The van der Waals surface area contributed by atoms with Crippen molar-refractivity contribution in [3.05, 3.63) is 29.5 Å². The minimum absolute atomic E-state index is 0.0999. The fraction of sp³-hybridized carbons (Fsp3) is 0.412. The zero-order valence-corrected chi connectivity index (χ0v) is 12.6. The molecule has 1 saturated carbocycles. The summed E-state index contributed by atoms with van der Waals surface area (Å²) in [5.74, 6) is -0.00562. The second kappa shape index (κ2) is 4.87. The monoisotopic (exact) mass is 297 g/mol. The van der Waals surface area contributed by atoms with Gasteiger partial charge in [0.15, 0.2) is 0 Å². The van der Waals surface area contributed by atoms with Crippen molar-refractivity contribution in [1.82, 2.24) is 10.3 Å². The van der Waals surface area contributed by atoms with Crippen molar-refractivity contribution >= 4 is 28.4 Å². The van der Waals surface area contributed by atoms with E-state index in [2.05, 4.69) is 10.3 Å². The lowest BCUT2D eigenvalue weighted by atomic mass is 10.1. The highest BCUT2D eigenvalue weighted by Crippen LogP contribution is 2.35. The van der Waals surface area contributed by atoms with Crippen LogP contribution in [0.5, 0.6) is 0 Å². The number of nitrogens with one attached hydrogen (secondary N) is 2. The number of aryl methyl sites for hydroxylation is 1. The van der Waals surface area contributed by atoms with Gasteiger partial charge in [0.2, 0.25) is 5.91 Å². The molecule has 0 atom stereocenters. The van der Waals surface area contributed by atoms with Crippen molar-refractivity contribution in [3.63, 3.8) is 0 Å². The van der Waals surface area contributed by atoms with E-state index in [9.17, 15) is 9.59 Å². The van der Waals surface area contributed by atoms with E-state index in [1.54, 1.807) is 4.90 Å². The van der Waals surface area contributed by atoms with E-state index in [-0.39, 0.29) is 11.8 Å². The Hall–Kier alpha value is -2.30. The highest BCUT2D eigenvalue weighted by atomic mass is 16.2. The Kier molecular flexibility index (Phi) is 2.96. The normalized spacial score (nSPS) is 18.2. The van der Waals surface area contributed by atoms with Crippen molar-refractivity contribution in [3.8, 4) is 0 Å². The number of hydrogen-bond donors (Lipinski definition) is 2. The van der Waals surface area contributed by atoms with Gasteiger partial charge in [0, 0.05) is 29.9 Å². The van der Waals surface area contributed by atoms with Crippen LogP contribution in [-0.4, -0.2) is 29.4 Å². The van der Waals surface area contributed by atoms with Gasteiger partial charge in [-0.25, -0.2) is 0 Å². The fourth-order valence-electron chi connectivity index (χ4n) is 3.11. The number of benzene rings is 1. The Bertz CT molecular complexity index is 774. The molecule has 4 rings (SSSR count). The van der Waals surface area contributed by atoms with Gasteiger partial charge in [-0.2, -0.15) is 0 Å².